The van der Waals surface area contributed by atoms with Crippen LogP contribution in [0.5, 0.6) is 0 Å². The predicted molar refractivity (Wildman–Crippen MR) is 70.3 cm³/mol. The predicted octanol–water partition coefficient (Wildman–Crippen LogP) is 0.765. The monoisotopic (exact) mass is 258 g/mol. The summed E-state index contributed by atoms with van der Waals surface area (Å²) in [4.78, 5) is 12.0. The molecule has 2 N–H and O–H groups in total. The third kappa shape index (κ3) is 3.86. The Bertz CT molecular complexity index is 257. The largest absolute Gasteiger partial charge is 0.378 e. The number of carbonyl (C=O) groups excluding carboxylic acids is 1. The molecular weight excluding hydrogens is 236 g/mol. The zero-order valence-corrected chi connectivity index (χ0v) is 11.2. The van der Waals surface area contributed by atoms with E-state index >= 15 is 0 Å². The molecule has 17 heavy (non-hydrogen) atoms. The highest BCUT2D eigenvalue weighted by atomic mass is 32.2. The van der Waals surface area contributed by atoms with Crippen molar-refractivity contribution >= 4 is 17.7 Å². The quantitative estimate of drug-likeness (QED) is 0.785. The number of hydrogen-bond donors (Lipinski definition) is 2. The highest BCUT2D eigenvalue weighted by molar-refractivity contribution is 7.99. The maximum Gasteiger partial charge on any atom is 0.239 e. The molecule has 1 heterocycles. The summed E-state index contributed by atoms with van der Waals surface area (Å²) in [6, 6.07) is 0.204. The Morgan fingerprint density at radius 3 is 3.06 bits per heavy atom. The molecule has 1 saturated carbocycles. The lowest BCUT2D eigenvalue weighted by Gasteiger charge is -2.31. The fraction of sp³-hybridized carbons (Fsp3) is 0.917. The van der Waals surface area contributed by atoms with Gasteiger partial charge in [0.2, 0.25) is 5.91 Å². The summed E-state index contributed by atoms with van der Waals surface area (Å²) in [6.07, 6.45) is 6.91. The molecule has 1 aliphatic heterocycles. The van der Waals surface area contributed by atoms with Crippen molar-refractivity contribution in [3.05, 3.63) is 0 Å². The molecule has 0 aromatic heterocycles. The SMILES string of the molecule is CSC1CCCC(NC(=O)C2COCCN2)C1. The highest BCUT2D eigenvalue weighted by Gasteiger charge is 2.26. The van der Waals surface area contributed by atoms with Crippen LogP contribution in [-0.2, 0) is 9.53 Å². The number of carbonyl (C=O) groups is 1. The van der Waals surface area contributed by atoms with E-state index in [0.29, 0.717) is 24.5 Å². The molecule has 3 atom stereocenters. The van der Waals surface area contributed by atoms with E-state index in [0.717, 1.165) is 19.4 Å². The number of amides is 1. The van der Waals surface area contributed by atoms with Crippen molar-refractivity contribution in [1.82, 2.24) is 10.6 Å². The first-order chi connectivity index (χ1) is 8.29. The van der Waals surface area contributed by atoms with Crippen molar-refractivity contribution in [2.75, 3.05) is 26.0 Å². The van der Waals surface area contributed by atoms with Gasteiger partial charge in [-0.2, -0.15) is 11.8 Å². The Kier molecular flexibility index (Phi) is 5.13. The molecule has 0 aromatic carbocycles. The summed E-state index contributed by atoms with van der Waals surface area (Å²) in [6.45, 7) is 1.99. The Hall–Kier alpha value is -0.260. The average molecular weight is 258 g/mol. The molecule has 0 bridgehead atoms. The van der Waals surface area contributed by atoms with Crippen LogP contribution in [0.4, 0.5) is 0 Å². The third-order valence-electron chi connectivity index (χ3n) is 3.54. The Morgan fingerprint density at radius 2 is 2.35 bits per heavy atom. The first kappa shape index (κ1) is 13.2. The van der Waals surface area contributed by atoms with Crippen LogP contribution in [0.1, 0.15) is 25.7 Å². The number of rotatable bonds is 3. The van der Waals surface area contributed by atoms with E-state index in [1.165, 1.54) is 12.8 Å². The molecule has 2 aliphatic rings. The molecular formula is C12H22N2O2S. The summed E-state index contributed by atoms with van der Waals surface area (Å²) in [7, 11) is 0. The number of hydrogen-bond acceptors (Lipinski definition) is 4. The molecule has 2 fully saturated rings. The number of thioether (sulfide) groups is 1. The lowest BCUT2D eigenvalue weighted by molar-refractivity contribution is -0.126. The molecule has 1 amide bonds. The van der Waals surface area contributed by atoms with Gasteiger partial charge in [0, 0.05) is 17.8 Å². The number of morpholine rings is 1. The second-order valence-corrected chi connectivity index (χ2v) is 5.95. The van der Waals surface area contributed by atoms with Gasteiger partial charge in [-0.05, 0) is 25.5 Å². The zero-order chi connectivity index (χ0) is 12.1. The third-order valence-corrected chi connectivity index (χ3v) is 4.64. The summed E-state index contributed by atoms with van der Waals surface area (Å²) >= 11 is 1.92. The lowest BCUT2D eigenvalue weighted by Crippen LogP contribution is -2.54. The fourth-order valence-electron chi connectivity index (χ4n) is 2.53. The van der Waals surface area contributed by atoms with Crippen molar-refractivity contribution in [1.29, 1.82) is 0 Å². The van der Waals surface area contributed by atoms with E-state index in [1.54, 1.807) is 0 Å². The van der Waals surface area contributed by atoms with Crippen molar-refractivity contribution in [3.63, 3.8) is 0 Å². The van der Waals surface area contributed by atoms with Gasteiger partial charge in [0.25, 0.3) is 0 Å². The van der Waals surface area contributed by atoms with Crippen molar-refractivity contribution < 1.29 is 9.53 Å². The normalized spacial score (nSPS) is 34.3. The van der Waals surface area contributed by atoms with E-state index in [9.17, 15) is 4.79 Å². The maximum atomic E-state index is 12.0. The summed E-state index contributed by atoms with van der Waals surface area (Å²) in [5, 5.41) is 7.06. The maximum absolute atomic E-state index is 12.0. The molecule has 0 radical (unpaired) electrons. The topological polar surface area (TPSA) is 50.4 Å². The first-order valence-corrected chi connectivity index (χ1v) is 7.72. The van der Waals surface area contributed by atoms with Gasteiger partial charge in [-0.25, -0.2) is 0 Å². The molecule has 0 aromatic rings. The molecule has 98 valence electrons. The highest BCUT2D eigenvalue weighted by Crippen LogP contribution is 2.26. The van der Waals surface area contributed by atoms with E-state index < -0.39 is 0 Å². The van der Waals surface area contributed by atoms with E-state index in [4.69, 9.17) is 4.74 Å². The van der Waals surface area contributed by atoms with Crippen LogP contribution in [-0.4, -0.2) is 49.3 Å². The lowest BCUT2D eigenvalue weighted by atomic mass is 9.94. The molecule has 4 nitrogen and oxygen atoms in total. The van der Waals surface area contributed by atoms with Gasteiger partial charge in [-0.15, -0.1) is 0 Å². The standard InChI is InChI=1S/C12H22N2O2S/c1-17-10-4-2-3-9(7-10)14-12(15)11-8-16-6-5-13-11/h9-11,13H,2-8H2,1H3,(H,14,15). The smallest absolute Gasteiger partial charge is 0.239 e. The van der Waals surface area contributed by atoms with Gasteiger partial charge in [0.1, 0.15) is 6.04 Å². The minimum Gasteiger partial charge on any atom is -0.378 e. The second-order valence-electron chi connectivity index (χ2n) is 4.81. The Morgan fingerprint density at radius 1 is 1.47 bits per heavy atom. The van der Waals surface area contributed by atoms with Gasteiger partial charge in [-0.3, -0.25) is 4.79 Å². The van der Waals surface area contributed by atoms with Crippen LogP contribution in [0.2, 0.25) is 0 Å². The molecule has 1 saturated heterocycles. The van der Waals surface area contributed by atoms with E-state index in [1.807, 2.05) is 11.8 Å². The van der Waals surface area contributed by atoms with Gasteiger partial charge < -0.3 is 15.4 Å². The zero-order valence-electron chi connectivity index (χ0n) is 10.4. The molecule has 5 heteroatoms. The minimum absolute atomic E-state index is 0.108. The van der Waals surface area contributed by atoms with Crippen LogP contribution in [0, 0.1) is 0 Å². The molecule has 3 unspecified atom stereocenters. The van der Waals surface area contributed by atoms with Crippen molar-refractivity contribution in [2.24, 2.45) is 0 Å². The van der Waals surface area contributed by atoms with Crippen LogP contribution in [0.3, 0.4) is 0 Å². The van der Waals surface area contributed by atoms with Crippen LogP contribution < -0.4 is 10.6 Å². The van der Waals surface area contributed by atoms with Gasteiger partial charge in [-0.1, -0.05) is 6.42 Å². The van der Waals surface area contributed by atoms with E-state index in [2.05, 4.69) is 16.9 Å². The molecule has 0 spiro atoms. The summed E-state index contributed by atoms with van der Waals surface area (Å²) < 4.78 is 5.31. The number of nitrogens with one attached hydrogen (secondary N) is 2. The average Bonchev–Trinajstić information content (AvgIpc) is 2.40. The van der Waals surface area contributed by atoms with Gasteiger partial charge in [0.15, 0.2) is 0 Å². The second kappa shape index (κ2) is 6.61. The van der Waals surface area contributed by atoms with Gasteiger partial charge >= 0.3 is 0 Å². The molecule has 2 rings (SSSR count). The summed E-state index contributed by atoms with van der Waals surface area (Å²) in [5.74, 6) is 0.108. The Balaban J connectivity index is 1.77. The fourth-order valence-corrected chi connectivity index (χ4v) is 3.35. The van der Waals surface area contributed by atoms with Crippen molar-refractivity contribution in [3.8, 4) is 0 Å². The minimum atomic E-state index is -0.154. The summed E-state index contributed by atoms with van der Waals surface area (Å²) in [5.41, 5.74) is 0. The van der Waals surface area contributed by atoms with Crippen LogP contribution in [0.25, 0.3) is 0 Å². The first-order valence-electron chi connectivity index (χ1n) is 6.44. The van der Waals surface area contributed by atoms with Crippen LogP contribution >= 0.6 is 11.8 Å². The van der Waals surface area contributed by atoms with E-state index in [-0.39, 0.29) is 11.9 Å². The van der Waals surface area contributed by atoms with Crippen molar-refractivity contribution in [2.45, 2.75) is 43.0 Å². The molecule has 1 aliphatic carbocycles. The van der Waals surface area contributed by atoms with Crippen LogP contribution in [0.15, 0.2) is 0 Å². The number of ether oxygens (including phenoxy) is 1. The Labute approximate surface area is 107 Å². The van der Waals surface area contributed by atoms with Gasteiger partial charge in [0.05, 0.1) is 13.2 Å².